The molecular weight excluding hydrogens is 334 g/mol. The van der Waals surface area contributed by atoms with Crippen LogP contribution in [-0.2, 0) is 0 Å². The van der Waals surface area contributed by atoms with E-state index in [1.165, 1.54) is 43.5 Å². The molecule has 0 amide bonds. The van der Waals surface area contributed by atoms with Crippen LogP contribution in [0.25, 0.3) is 10.2 Å². The average molecular weight is 352 g/mol. The molecule has 2 aliphatic heterocycles. The monoisotopic (exact) mass is 351 g/mol. The van der Waals surface area contributed by atoms with Crippen molar-refractivity contribution in [2.45, 2.75) is 37.8 Å². The van der Waals surface area contributed by atoms with Crippen LogP contribution >= 0.6 is 27.3 Å². The number of hydrogen-bond donors (Lipinski definition) is 1. The minimum absolute atomic E-state index is 0.596. The topological polar surface area (TPSA) is 28.2 Å². The summed E-state index contributed by atoms with van der Waals surface area (Å²) in [7, 11) is 0. The van der Waals surface area contributed by atoms with Crippen LogP contribution in [0, 0.1) is 0 Å². The fourth-order valence-corrected chi connectivity index (χ4v) is 4.98. The minimum atomic E-state index is 0.596. The second kappa shape index (κ2) is 5.28. The number of fused-ring (bicyclic) bond motifs is 2. The summed E-state index contributed by atoms with van der Waals surface area (Å²) in [5, 5.41) is 4.75. The smallest absolute Gasteiger partial charge is 0.184 e. The molecule has 2 aliphatic rings. The number of benzene rings is 1. The highest BCUT2D eigenvalue weighted by Gasteiger charge is 2.31. The second-order valence-corrected chi connectivity index (χ2v) is 7.78. The Morgan fingerprint density at radius 2 is 2.25 bits per heavy atom. The standard InChI is InChI=1S/C15H18BrN3S/c16-10-3-4-13-14(8-10)20-15(18-13)17-11-5-7-19-6-1-2-12(19)9-11/h3-4,8,11-12H,1-2,5-7,9H2,(H,17,18). The van der Waals surface area contributed by atoms with E-state index in [-0.39, 0.29) is 0 Å². The van der Waals surface area contributed by atoms with Crippen LogP contribution in [0.15, 0.2) is 22.7 Å². The molecule has 106 valence electrons. The van der Waals surface area contributed by atoms with Crippen LogP contribution in [0.3, 0.4) is 0 Å². The summed E-state index contributed by atoms with van der Waals surface area (Å²) in [4.78, 5) is 7.37. The van der Waals surface area contributed by atoms with Crippen molar-refractivity contribution >= 4 is 42.6 Å². The highest BCUT2D eigenvalue weighted by Crippen LogP contribution is 2.32. The Labute approximate surface area is 131 Å². The maximum Gasteiger partial charge on any atom is 0.184 e. The minimum Gasteiger partial charge on any atom is -0.359 e. The molecule has 4 rings (SSSR count). The first-order valence-corrected chi connectivity index (χ1v) is 8.95. The molecule has 3 nitrogen and oxygen atoms in total. The van der Waals surface area contributed by atoms with Gasteiger partial charge in [-0.15, -0.1) is 0 Å². The van der Waals surface area contributed by atoms with Crippen molar-refractivity contribution < 1.29 is 0 Å². The quantitative estimate of drug-likeness (QED) is 0.882. The molecule has 1 aromatic carbocycles. The van der Waals surface area contributed by atoms with Gasteiger partial charge in [0.25, 0.3) is 0 Å². The molecule has 0 saturated carbocycles. The predicted octanol–water partition coefficient (Wildman–Crippen LogP) is 4.10. The lowest BCUT2D eigenvalue weighted by molar-refractivity contribution is 0.188. The molecule has 2 atom stereocenters. The van der Waals surface area contributed by atoms with Crippen molar-refractivity contribution in [3.8, 4) is 0 Å². The van der Waals surface area contributed by atoms with Gasteiger partial charge in [0, 0.05) is 23.1 Å². The van der Waals surface area contributed by atoms with Gasteiger partial charge in [-0.05, 0) is 50.4 Å². The molecule has 20 heavy (non-hydrogen) atoms. The van der Waals surface area contributed by atoms with E-state index in [1.54, 1.807) is 11.3 Å². The van der Waals surface area contributed by atoms with Crippen molar-refractivity contribution in [1.82, 2.24) is 9.88 Å². The SMILES string of the molecule is Brc1ccc2nc(NC3CCN4CCCC4C3)sc2c1. The van der Waals surface area contributed by atoms with Gasteiger partial charge in [-0.2, -0.15) is 0 Å². The molecule has 1 aromatic heterocycles. The first-order chi connectivity index (χ1) is 9.78. The zero-order valence-corrected chi connectivity index (χ0v) is 13.7. The summed E-state index contributed by atoms with van der Waals surface area (Å²) in [6, 6.07) is 7.70. The van der Waals surface area contributed by atoms with Gasteiger partial charge < -0.3 is 10.2 Å². The van der Waals surface area contributed by atoms with E-state index in [2.05, 4.69) is 44.3 Å². The maximum atomic E-state index is 4.71. The van der Waals surface area contributed by atoms with Crippen LogP contribution in [0.2, 0.25) is 0 Å². The summed E-state index contributed by atoms with van der Waals surface area (Å²) in [6.07, 6.45) is 5.28. The Morgan fingerprint density at radius 3 is 3.20 bits per heavy atom. The summed E-state index contributed by atoms with van der Waals surface area (Å²) >= 11 is 5.29. The third-order valence-corrected chi connectivity index (χ3v) is 5.94. The molecule has 2 aromatic rings. The Kier molecular flexibility index (Phi) is 3.44. The Hall–Kier alpha value is -0.650. The normalized spacial score (nSPS) is 26.9. The molecule has 2 saturated heterocycles. The lowest BCUT2D eigenvalue weighted by atomic mass is 9.98. The lowest BCUT2D eigenvalue weighted by Gasteiger charge is -2.35. The Balaban J connectivity index is 1.49. The lowest BCUT2D eigenvalue weighted by Crippen LogP contribution is -2.42. The zero-order valence-electron chi connectivity index (χ0n) is 11.3. The molecule has 0 aliphatic carbocycles. The van der Waals surface area contributed by atoms with Gasteiger partial charge in [0.15, 0.2) is 5.13 Å². The van der Waals surface area contributed by atoms with E-state index in [4.69, 9.17) is 4.98 Å². The number of hydrogen-bond acceptors (Lipinski definition) is 4. The molecule has 0 radical (unpaired) electrons. The molecule has 1 N–H and O–H groups in total. The summed E-state index contributed by atoms with van der Waals surface area (Å²) in [5.41, 5.74) is 1.10. The number of rotatable bonds is 2. The van der Waals surface area contributed by atoms with Gasteiger partial charge in [-0.3, -0.25) is 0 Å². The van der Waals surface area contributed by atoms with E-state index in [9.17, 15) is 0 Å². The van der Waals surface area contributed by atoms with E-state index in [0.29, 0.717) is 6.04 Å². The van der Waals surface area contributed by atoms with Crippen molar-refractivity contribution in [3.63, 3.8) is 0 Å². The van der Waals surface area contributed by atoms with Gasteiger partial charge in [-0.25, -0.2) is 4.98 Å². The summed E-state index contributed by atoms with van der Waals surface area (Å²) in [5.74, 6) is 0. The molecule has 3 heterocycles. The third-order valence-electron chi connectivity index (χ3n) is 4.50. The summed E-state index contributed by atoms with van der Waals surface area (Å²) < 4.78 is 2.37. The third kappa shape index (κ3) is 2.47. The van der Waals surface area contributed by atoms with Gasteiger partial charge >= 0.3 is 0 Å². The van der Waals surface area contributed by atoms with Gasteiger partial charge in [0.05, 0.1) is 10.2 Å². The average Bonchev–Trinajstić information content (AvgIpc) is 3.03. The van der Waals surface area contributed by atoms with Crippen LogP contribution in [-0.4, -0.2) is 35.1 Å². The fraction of sp³-hybridized carbons (Fsp3) is 0.533. The van der Waals surface area contributed by atoms with Crippen molar-refractivity contribution in [2.24, 2.45) is 0 Å². The van der Waals surface area contributed by atoms with E-state index >= 15 is 0 Å². The van der Waals surface area contributed by atoms with Gasteiger partial charge in [-0.1, -0.05) is 27.3 Å². The number of nitrogens with one attached hydrogen (secondary N) is 1. The predicted molar refractivity (Wildman–Crippen MR) is 88.6 cm³/mol. The number of anilines is 1. The van der Waals surface area contributed by atoms with Crippen LogP contribution in [0.5, 0.6) is 0 Å². The number of thiazole rings is 1. The van der Waals surface area contributed by atoms with Gasteiger partial charge in [0.1, 0.15) is 0 Å². The number of aromatic nitrogens is 1. The highest BCUT2D eigenvalue weighted by atomic mass is 79.9. The maximum absolute atomic E-state index is 4.71. The Morgan fingerprint density at radius 1 is 1.30 bits per heavy atom. The summed E-state index contributed by atoms with van der Waals surface area (Å²) in [6.45, 7) is 2.56. The number of piperidine rings is 1. The van der Waals surface area contributed by atoms with Crippen molar-refractivity contribution in [3.05, 3.63) is 22.7 Å². The van der Waals surface area contributed by atoms with E-state index in [0.717, 1.165) is 21.2 Å². The first kappa shape index (κ1) is 13.0. The molecular formula is C15H18BrN3S. The molecule has 0 bridgehead atoms. The van der Waals surface area contributed by atoms with Crippen LogP contribution < -0.4 is 5.32 Å². The fourth-order valence-electron chi connectivity index (χ4n) is 3.49. The van der Waals surface area contributed by atoms with E-state index < -0.39 is 0 Å². The molecule has 2 unspecified atom stereocenters. The highest BCUT2D eigenvalue weighted by molar-refractivity contribution is 9.10. The van der Waals surface area contributed by atoms with Gasteiger partial charge in [0.2, 0.25) is 0 Å². The van der Waals surface area contributed by atoms with Crippen LogP contribution in [0.4, 0.5) is 5.13 Å². The van der Waals surface area contributed by atoms with Crippen molar-refractivity contribution in [2.75, 3.05) is 18.4 Å². The van der Waals surface area contributed by atoms with Crippen molar-refractivity contribution in [1.29, 1.82) is 0 Å². The first-order valence-electron chi connectivity index (χ1n) is 7.34. The number of halogens is 1. The second-order valence-electron chi connectivity index (χ2n) is 5.83. The largest absolute Gasteiger partial charge is 0.359 e. The Bertz CT molecular complexity index is 627. The zero-order chi connectivity index (χ0) is 13.5. The molecule has 2 fully saturated rings. The van der Waals surface area contributed by atoms with E-state index in [1.807, 2.05) is 0 Å². The van der Waals surface area contributed by atoms with Crippen LogP contribution in [0.1, 0.15) is 25.7 Å². The molecule has 0 spiro atoms. The number of nitrogens with zero attached hydrogens (tertiary/aromatic N) is 2. The molecule has 5 heteroatoms.